The molecule has 5 heteroatoms. The normalized spacial score (nSPS) is 22.8. The Balaban J connectivity index is 1.25. The van der Waals surface area contributed by atoms with Gasteiger partial charge in [-0.1, -0.05) is 31.4 Å². The standard InChI is InChI=1S/C21H29N3O2/c25-20-18-8-4-5-9-19(18)24(21(20)26)15-14-22-10-12-23(13-11-22)16-17-6-2-1-3-7-17/h4-5,8-9,17H,1-3,6-7,10-16H2. The second-order valence-corrected chi connectivity index (χ2v) is 7.95. The van der Waals surface area contributed by atoms with E-state index >= 15 is 0 Å². The largest absolute Gasteiger partial charge is 0.303 e. The number of benzene rings is 1. The van der Waals surface area contributed by atoms with Crippen molar-refractivity contribution in [3.63, 3.8) is 0 Å². The Morgan fingerprint density at radius 2 is 1.54 bits per heavy atom. The van der Waals surface area contributed by atoms with E-state index in [1.807, 2.05) is 18.2 Å². The van der Waals surface area contributed by atoms with Gasteiger partial charge in [-0.3, -0.25) is 14.5 Å². The van der Waals surface area contributed by atoms with Crippen LogP contribution in [0.4, 0.5) is 5.69 Å². The summed E-state index contributed by atoms with van der Waals surface area (Å²) >= 11 is 0. The molecule has 4 rings (SSSR count). The first-order valence-electron chi connectivity index (χ1n) is 10.1. The number of para-hydroxylation sites is 1. The minimum atomic E-state index is -0.373. The summed E-state index contributed by atoms with van der Waals surface area (Å²) in [5.41, 5.74) is 1.33. The molecule has 1 aromatic rings. The highest BCUT2D eigenvalue weighted by atomic mass is 16.2. The number of anilines is 1. The molecule has 1 amide bonds. The zero-order chi connectivity index (χ0) is 17.9. The number of ketones is 1. The Hall–Kier alpha value is -1.72. The second-order valence-electron chi connectivity index (χ2n) is 7.95. The molecule has 0 N–H and O–H groups in total. The van der Waals surface area contributed by atoms with Crippen LogP contribution in [0.2, 0.25) is 0 Å². The van der Waals surface area contributed by atoms with Crippen molar-refractivity contribution in [2.24, 2.45) is 5.92 Å². The van der Waals surface area contributed by atoms with Crippen LogP contribution in [0, 0.1) is 5.92 Å². The summed E-state index contributed by atoms with van der Waals surface area (Å²) in [4.78, 5) is 31.0. The maximum Gasteiger partial charge on any atom is 0.299 e. The number of carbonyl (C=O) groups excluding carboxylic acids is 2. The molecule has 1 saturated carbocycles. The van der Waals surface area contributed by atoms with Crippen molar-refractivity contribution in [1.82, 2.24) is 9.80 Å². The van der Waals surface area contributed by atoms with Crippen molar-refractivity contribution >= 4 is 17.4 Å². The van der Waals surface area contributed by atoms with Crippen LogP contribution in [0.5, 0.6) is 0 Å². The van der Waals surface area contributed by atoms with Crippen molar-refractivity contribution in [2.75, 3.05) is 50.7 Å². The zero-order valence-electron chi connectivity index (χ0n) is 15.5. The molecule has 1 aromatic carbocycles. The van der Waals surface area contributed by atoms with Crippen molar-refractivity contribution < 1.29 is 9.59 Å². The highest BCUT2D eigenvalue weighted by molar-refractivity contribution is 6.52. The van der Waals surface area contributed by atoms with Crippen LogP contribution in [0.3, 0.4) is 0 Å². The molecule has 1 aliphatic carbocycles. The number of Topliss-reactive ketones (excluding diaryl/α,β-unsaturated/α-hetero) is 1. The van der Waals surface area contributed by atoms with Gasteiger partial charge in [0, 0.05) is 45.8 Å². The van der Waals surface area contributed by atoms with Gasteiger partial charge in [0.05, 0.1) is 11.3 Å². The summed E-state index contributed by atoms with van der Waals surface area (Å²) in [6.07, 6.45) is 7.06. The monoisotopic (exact) mass is 355 g/mol. The molecule has 0 unspecified atom stereocenters. The lowest BCUT2D eigenvalue weighted by molar-refractivity contribution is -0.114. The molecule has 26 heavy (non-hydrogen) atoms. The van der Waals surface area contributed by atoms with E-state index in [0.717, 1.165) is 44.3 Å². The number of nitrogens with zero attached hydrogens (tertiary/aromatic N) is 3. The molecule has 0 aromatic heterocycles. The van der Waals surface area contributed by atoms with Crippen LogP contribution >= 0.6 is 0 Å². The lowest BCUT2D eigenvalue weighted by Gasteiger charge is -2.37. The minimum absolute atomic E-state index is 0.363. The molecular formula is C21H29N3O2. The highest BCUT2D eigenvalue weighted by Gasteiger charge is 2.35. The first-order valence-corrected chi connectivity index (χ1v) is 10.1. The molecule has 3 aliphatic rings. The topological polar surface area (TPSA) is 43.9 Å². The Labute approximate surface area is 155 Å². The van der Waals surface area contributed by atoms with Crippen LogP contribution in [0.1, 0.15) is 42.5 Å². The molecule has 0 atom stereocenters. The van der Waals surface area contributed by atoms with E-state index in [-0.39, 0.29) is 11.7 Å². The summed E-state index contributed by atoms with van der Waals surface area (Å²) in [7, 11) is 0. The van der Waals surface area contributed by atoms with Gasteiger partial charge in [0.1, 0.15) is 0 Å². The molecular weight excluding hydrogens is 326 g/mol. The summed E-state index contributed by atoms with van der Waals surface area (Å²) in [6.45, 7) is 7.07. The maximum atomic E-state index is 12.3. The first-order chi connectivity index (χ1) is 12.7. The number of amides is 1. The molecule has 2 fully saturated rings. The Morgan fingerprint density at radius 3 is 2.31 bits per heavy atom. The zero-order valence-corrected chi connectivity index (χ0v) is 15.5. The third-order valence-corrected chi connectivity index (χ3v) is 6.22. The van der Waals surface area contributed by atoms with Crippen molar-refractivity contribution in [3.05, 3.63) is 29.8 Å². The first kappa shape index (κ1) is 17.7. The van der Waals surface area contributed by atoms with Gasteiger partial charge in [-0.05, 0) is 30.9 Å². The quantitative estimate of drug-likeness (QED) is 0.761. The number of piperazine rings is 1. The fraction of sp³-hybridized carbons (Fsp3) is 0.619. The predicted molar refractivity (Wildman–Crippen MR) is 103 cm³/mol. The van der Waals surface area contributed by atoms with E-state index in [1.54, 1.807) is 11.0 Å². The maximum absolute atomic E-state index is 12.3. The van der Waals surface area contributed by atoms with Gasteiger partial charge in [-0.2, -0.15) is 0 Å². The summed E-state index contributed by atoms with van der Waals surface area (Å²) < 4.78 is 0. The lowest BCUT2D eigenvalue weighted by atomic mass is 9.89. The molecule has 0 radical (unpaired) electrons. The summed E-state index contributed by atoms with van der Waals surface area (Å²) in [5, 5.41) is 0. The Kier molecular flexibility index (Phi) is 5.36. The van der Waals surface area contributed by atoms with E-state index in [4.69, 9.17) is 0 Å². The van der Waals surface area contributed by atoms with Crippen molar-refractivity contribution in [2.45, 2.75) is 32.1 Å². The molecule has 0 bridgehead atoms. The second kappa shape index (κ2) is 7.89. The Bertz CT molecular complexity index is 661. The minimum Gasteiger partial charge on any atom is -0.303 e. The van der Waals surface area contributed by atoms with Gasteiger partial charge in [0.2, 0.25) is 0 Å². The number of fused-ring (bicyclic) bond motifs is 1. The van der Waals surface area contributed by atoms with Gasteiger partial charge >= 0.3 is 0 Å². The lowest BCUT2D eigenvalue weighted by Crippen LogP contribution is -2.50. The van der Waals surface area contributed by atoms with Crippen LogP contribution in [0.25, 0.3) is 0 Å². The van der Waals surface area contributed by atoms with Gasteiger partial charge < -0.3 is 9.80 Å². The van der Waals surface area contributed by atoms with Crippen molar-refractivity contribution in [1.29, 1.82) is 0 Å². The molecule has 140 valence electrons. The van der Waals surface area contributed by atoms with Crippen LogP contribution < -0.4 is 4.90 Å². The third-order valence-electron chi connectivity index (χ3n) is 6.22. The number of hydrogen-bond donors (Lipinski definition) is 0. The van der Waals surface area contributed by atoms with E-state index < -0.39 is 0 Å². The average Bonchev–Trinajstić information content (AvgIpc) is 2.93. The molecule has 2 heterocycles. The van der Waals surface area contributed by atoms with Crippen LogP contribution in [-0.4, -0.2) is 67.3 Å². The molecule has 2 aliphatic heterocycles. The molecule has 0 spiro atoms. The fourth-order valence-electron chi connectivity index (χ4n) is 4.64. The van der Waals surface area contributed by atoms with Gasteiger partial charge in [0.25, 0.3) is 11.7 Å². The number of rotatable bonds is 5. The van der Waals surface area contributed by atoms with Gasteiger partial charge in [-0.25, -0.2) is 0 Å². The van der Waals surface area contributed by atoms with E-state index in [2.05, 4.69) is 9.80 Å². The van der Waals surface area contributed by atoms with E-state index in [0.29, 0.717) is 12.1 Å². The summed E-state index contributed by atoms with van der Waals surface area (Å²) in [5.74, 6) is 0.167. The van der Waals surface area contributed by atoms with Crippen molar-refractivity contribution in [3.8, 4) is 0 Å². The fourth-order valence-corrected chi connectivity index (χ4v) is 4.64. The Morgan fingerprint density at radius 1 is 0.846 bits per heavy atom. The van der Waals surface area contributed by atoms with Crippen LogP contribution in [-0.2, 0) is 4.79 Å². The van der Waals surface area contributed by atoms with Gasteiger partial charge in [0.15, 0.2) is 0 Å². The van der Waals surface area contributed by atoms with Gasteiger partial charge in [-0.15, -0.1) is 0 Å². The SMILES string of the molecule is O=C1C(=O)N(CCN2CCN(CC3CCCCC3)CC2)c2ccccc21. The number of carbonyl (C=O) groups is 2. The molecule has 1 saturated heterocycles. The third kappa shape index (κ3) is 3.69. The highest BCUT2D eigenvalue weighted by Crippen LogP contribution is 2.28. The smallest absolute Gasteiger partial charge is 0.299 e. The summed E-state index contributed by atoms with van der Waals surface area (Å²) in [6, 6.07) is 7.33. The molecule has 5 nitrogen and oxygen atoms in total. The van der Waals surface area contributed by atoms with Crippen LogP contribution in [0.15, 0.2) is 24.3 Å². The predicted octanol–water partition coefficient (Wildman–Crippen LogP) is 2.41. The average molecular weight is 355 g/mol. The number of hydrogen-bond acceptors (Lipinski definition) is 4. The van der Waals surface area contributed by atoms with E-state index in [9.17, 15) is 9.59 Å². The van der Waals surface area contributed by atoms with E-state index in [1.165, 1.54) is 38.6 Å².